The van der Waals surface area contributed by atoms with Crippen molar-refractivity contribution in [3.05, 3.63) is 36.2 Å². The van der Waals surface area contributed by atoms with Crippen molar-refractivity contribution in [1.29, 1.82) is 0 Å². The van der Waals surface area contributed by atoms with Crippen molar-refractivity contribution in [1.82, 2.24) is 41.5 Å². The summed E-state index contributed by atoms with van der Waals surface area (Å²) in [5, 5.41) is 21.3. The summed E-state index contributed by atoms with van der Waals surface area (Å²) in [6.07, 6.45) is -0.306. The van der Waals surface area contributed by atoms with Gasteiger partial charge in [0.2, 0.25) is 17.7 Å². The molecule has 0 spiro atoms. The first kappa shape index (κ1) is 30.3. The number of ether oxygens (including phenoxy) is 2. The van der Waals surface area contributed by atoms with Crippen molar-refractivity contribution >= 4 is 23.8 Å². The van der Waals surface area contributed by atoms with Crippen LogP contribution >= 0.6 is 0 Å². The molecule has 1 fully saturated rings. The second kappa shape index (κ2) is 13.7. The number of likely N-dealkylation sites (tertiary alicyclic amines) is 1. The first-order valence-corrected chi connectivity index (χ1v) is 13.2. The lowest BCUT2D eigenvalue weighted by atomic mass is 9.98. The lowest BCUT2D eigenvalue weighted by molar-refractivity contribution is -0.139. The molecule has 14 nitrogen and oxygen atoms in total. The maximum Gasteiger partial charge on any atom is 0.408 e. The number of H-pyrrole nitrogens is 1. The molecule has 1 aromatic heterocycles. The Morgan fingerprint density at radius 3 is 2.50 bits per heavy atom. The Bertz CT molecular complexity index is 1140. The highest BCUT2D eigenvalue weighted by Gasteiger charge is 2.41. The van der Waals surface area contributed by atoms with E-state index in [2.05, 4.69) is 36.6 Å². The Hall–Kier alpha value is -4.23. The summed E-state index contributed by atoms with van der Waals surface area (Å²) in [6, 6.07) is 7.36. The number of para-hydroxylation sites is 1. The molecule has 1 aliphatic heterocycles. The molecular formula is C26H38N8O6. The van der Waals surface area contributed by atoms with Crippen LogP contribution in [-0.4, -0.2) is 86.2 Å². The van der Waals surface area contributed by atoms with E-state index in [1.54, 1.807) is 32.9 Å². The first-order chi connectivity index (χ1) is 19.0. The molecule has 14 heteroatoms. The molecule has 2 heterocycles. The van der Waals surface area contributed by atoms with Gasteiger partial charge in [0.05, 0.1) is 19.6 Å². The number of nitrogens with one attached hydrogen (secondary N) is 4. The highest BCUT2D eigenvalue weighted by atomic mass is 16.6. The fourth-order valence-corrected chi connectivity index (χ4v) is 4.15. The second-order valence-corrected chi connectivity index (χ2v) is 10.6. The Morgan fingerprint density at radius 1 is 1.15 bits per heavy atom. The summed E-state index contributed by atoms with van der Waals surface area (Å²) in [5.74, 6) is -0.711. The van der Waals surface area contributed by atoms with E-state index in [-0.39, 0.29) is 32.0 Å². The van der Waals surface area contributed by atoms with Gasteiger partial charge in [-0.25, -0.2) is 4.79 Å². The van der Waals surface area contributed by atoms with Crippen LogP contribution in [0.5, 0.6) is 5.75 Å². The van der Waals surface area contributed by atoms with E-state index in [1.807, 2.05) is 32.0 Å². The number of aromatic amines is 1. The summed E-state index contributed by atoms with van der Waals surface area (Å²) in [7, 11) is 0. The van der Waals surface area contributed by atoms with E-state index >= 15 is 0 Å². The van der Waals surface area contributed by atoms with Crippen molar-refractivity contribution in [2.24, 2.45) is 5.92 Å². The molecule has 3 rings (SSSR count). The molecule has 0 unspecified atom stereocenters. The standard InChI is InChI=1S/C26H38N8O6/c1-6-16(2)22(29-25(38)40-26(3,4)5)24(37)28-14-21(35)34-15-18(39-17-10-8-7-9-11-17)12-19(34)23(36)27-13-20-30-32-33-31-20/h7-11,16,18-19,22H,6,12-15H2,1-5H3,(H,27,36)(H,28,37)(H,29,38)(H,30,31,32,33)/t16-,18+,19-,22-/m0/s1. The van der Waals surface area contributed by atoms with Crippen LogP contribution in [0.25, 0.3) is 0 Å². The normalized spacial score (nSPS) is 18.4. The van der Waals surface area contributed by atoms with E-state index in [9.17, 15) is 19.2 Å². The average molecular weight is 559 g/mol. The molecule has 2 aromatic rings. The van der Waals surface area contributed by atoms with Crippen molar-refractivity contribution in [2.75, 3.05) is 13.1 Å². The molecule has 4 atom stereocenters. The maximum atomic E-state index is 13.3. The maximum absolute atomic E-state index is 13.3. The molecule has 0 aliphatic carbocycles. The monoisotopic (exact) mass is 558 g/mol. The topological polar surface area (TPSA) is 181 Å². The zero-order chi connectivity index (χ0) is 29.3. The van der Waals surface area contributed by atoms with Gasteiger partial charge in [-0.15, -0.1) is 10.2 Å². The number of aromatic nitrogens is 4. The van der Waals surface area contributed by atoms with Gasteiger partial charge in [0.1, 0.15) is 29.5 Å². The third-order valence-electron chi connectivity index (χ3n) is 6.32. The number of tetrazole rings is 1. The van der Waals surface area contributed by atoms with E-state index in [4.69, 9.17) is 9.47 Å². The van der Waals surface area contributed by atoms with Crippen LogP contribution in [0, 0.1) is 5.92 Å². The van der Waals surface area contributed by atoms with E-state index < -0.39 is 47.6 Å². The summed E-state index contributed by atoms with van der Waals surface area (Å²) in [6.45, 7) is 8.70. The van der Waals surface area contributed by atoms with Gasteiger partial charge in [0.25, 0.3) is 0 Å². The van der Waals surface area contributed by atoms with Crippen molar-refractivity contribution in [2.45, 2.75) is 77.8 Å². The summed E-state index contributed by atoms with van der Waals surface area (Å²) >= 11 is 0. The molecule has 1 saturated heterocycles. The van der Waals surface area contributed by atoms with Crippen LogP contribution < -0.4 is 20.7 Å². The van der Waals surface area contributed by atoms with Gasteiger partial charge in [-0.05, 0) is 38.8 Å². The van der Waals surface area contributed by atoms with E-state index in [0.29, 0.717) is 18.0 Å². The second-order valence-electron chi connectivity index (χ2n) is 10.6. The quantitative estimate of drug-likeness (QED) is 0.312. The SMILES string of the molecule is CC[C@H](C)[C@H](NC(=O)OC(C)(C)C)C(=O)NCC(=O)N1C[C@H](Oc2ccccc2)C[C@H]1C(=O)NCc1nn[nH]n1. The lowest BCUT2D eigenvalue weighted by Crippen LogP contribution is -2.54. The molecule has 4 N–H and O–H groups in total. The largest absolute Gasteiger partial charge is 0.488 e. The minimum atomic E-state index is -0.908. The number of carbonyl (C=O) groups is 4. The average Bonchev–Trinajstić information content (AvgIpc) is 3.58. The fraction of sp³-hybridized carbons (Fsp3) is 0.577. The molecular weight excluding hydrogens is 520 g/mol. The van der Waals surface area contributed by atoms with Gasteiger partial charge in [-0.1, -0.05) is 43.7 Å². The summed E-state index contributed by atoms with van der Waals surface area (Å²) in [4.78, 5) is 53.1. The predicted octanol–water partition coefficient (Wildman–Crippen LogP) is 0.920. The third-order valence-corrected chi connectivity index (χ3v) is 6.32. The minimum Gasteiger partial charge on any atom is -0.488 e. The van der Waals surface area contributed by atoms with Crippen LogP contribution in [0.4, 0.5) is 4.79 Å². The van der Waals surface area contributed by atoms with Gasteiger partial charge < -0.3 is 30.3 Å². The molecule has 0 radical (unpaired) electrons. The van der Waals surface area contributed by atoms with Gasteiger partial charge in [0, 0.05) is 6.42 Å². The van der Waals surface area contributed by atoms with Crippen LogP contribution in [0.2, 0.25) is 0 Å². The number of hydrogen-bond donors (Lipinski definition) is 4. The minimum absolute atomic E-state index is 0.0295. The molecule has 40 heavy (non-hydrogen) atoms. The molecule has 1 aromatic carbocycles. The Morgan fingerprint density at radius 2 is 1.88 bits per heavy atom. The summed E-state index contributed by atoms with van der Waals surface area (Å²) in [5.41, 5.74) is -0.732. The molecule has 218 valence electrons. The number of nitrogens with zero attached hydrogens (tertiary/aromatic N) is 4. The van der Waals surface area contributed by atoms with Crippen LogP contribution in [0.3, 0.4) is 0 Å². The third kappa shape index (κ3) is 8.92. The molecule has 0 bridgehead atoms. The van der Waals surface area contributed by atoms with Crippen molar-refractivity contribution in [3.8, 4) is 5.75 Å². The highest BCUT2D eigenvalue weighted by Crippen LogP contribution is 2.23. The number of alkyl carbamates (subject to hydrolysis) is 1. The number of hydrogen-bond acceptors (Lipinski definition) is 9. The van der Waals surface area contributed by atoms with Crippen LogP contribution in [0.1, 0.15) is 53.3 Å². The Kier molecular flexibility index (Phi) is 10.4. The van der Waals surface area contributed by atoms with Crippen molar-refractivity contribution in [3.63, 3.8) is 0 Å². The van der Waals surface area contributed by atoms with E-state index in [0.717, 1.165) is 0 Å². The van der Waals surface area contributed by atoms with Crippen LogP contribution in [0.15, 0.2) is 30.3 Å². The predicted molar refractivity (Wildman–Crippen MR) is 143 cm³/mol. The fourth-order valence-electron chi connectivity index (χ4n) is 4.15. The number of carbonyl (C=O) groups excluding carboxylic acids is 4. The zero-order valence-electron chi connectivity index (χ0n) is 23.5. The Labute approximate surface area is 232 Å². The van der Waals surface area contributed by atoms with Gasteiger partial charge in [-0.3, -0.25) is 14.4 Å². The van der Waals surface area contributed by atoms with Crippen molar-refractivity contribution < 1.29 is 28.7 Å². The number of amides is 4. The van der Waals surface area contributed by atoms with Crippen LogP contribution in [-0.2, 0) is 25.7 Å². The van der Waals surface area contributed by atoms with Gasteiger partial charge >= 0.3 is 6.09 Å². The van der Waals surface area contributed by atoms with E-state index in [1.165, 1.54) is 4.90 Å². The summed E-state index contributed by atoms with van der Waals surface area (Å²) < 4.78 is 11.3. The smallest absolute Gasteiger partial charge is 0.408 e. The van der Waals surface area contributed by atoms with Gasteiger partial charge in [0.15, 0.2) is 5.82 Å². The number of benzene rings is 1. The lowest BCUT2D eigenvalue weighted by Gasteiger charge is -2.27. The van der Waals surface area contributed by atoms with Gasteiger partial charge in [-0.2, -0.15) is 5.21 Å². The first-order valence-electron chi connectivity index (χ1n) is 13.2. The Balaban J connectivity index is 1.66. The molecule has 0 saturated carbocycles. The highest BCUT2D eigenvalue weighted by molar-refractivity contribution is 5.92. The molecule has 1 aliphatic rings. The number of rotatable bonds is 11. The molecule has 4 amide bonds. The zero-order valence-corrected chi connectivity index (χ0v) is 23.5.